The van der Waals surface area contributed by atoms with Crippen LogP contribution in [0, 0.1) is 0 Å². The Hall–Kier alpha value is -2.71. The van der Waals surface area contributed by atoms with Crippen LogP contribution in [0.5, 0.6) is 0 Å². The largest absolute Gasteiger partial charge is 0.394 e. The second kappa shape index (κ2) is 7.27. The fourth-order valence-electron chi connectivity index (χ4n) is 2.39. The van der Waals surface area contributed by atoms with E-state index in [1.165, 1.54) is 18.1 Å². The second-order valence-corrected chi connectivity index (χ2v) is 7.31. The lowest BCUT2D eigenvalue weighted by molar-refractivity contribution is 1.06. The van der Waals surface area contributed by atoms with Crippen LogP contribution in [0.3, 0.4) is 0 Å². The Balaban J connectivity index is 1.66. The van der Waals surface area contributed by atoms with Gasteiger partial charge in [0.2, 0.25) is 0 Å². The maximum Gasteiger partial charge on any atom is 0.159 e. The molecule has 0 radical (unpaired) electrons. The van der Waals surface area contributed by atoms with Crippen molar-refractivity contribution < 1.29 is 0 Å². The number of fused-ring (bicyclic) bond motifs is 1. The van der Waals surface area contributed by atoms with Crippen molar-refractivity contribution in [1.29, 1.82) is 0 Å². The maximum absolute atomic E-state index is 6.29. The van der Waals surface area contributed by atoms with Crippen molar-refractivity contribution in [2.24, 2.45) is 0 Å². The molecule has 1 aromatic carbocycles. The molecule has 3 heterocycles. The Bertz CT molecular complexity index is 1070. The molecule has 0 bridgehead atoms. The molecule has 4 rings (SSSR count). The minimum absolute atomic E-state index is 0.468. The van der Waals surface area contributed by atoms with Gasteiger partial charge in [0.15, 0.2) is 5.82 Å². The first-order chi connectivity index (χ1) is 12.7. The number of aromatic nitrogens is 4. The van der Waals surface area contributed by atoms with E-state index in [0.717, 1.165) is 20.3 Å². The molecule has 0 aliphatic carbocycles. The summed E-state index contributed by atoms with van der Waals surface area (Å²) < 4.78 is 0.901. The highest BCUT2D eigenvalue weighted by atomic mass is 79.9. The summed E-state index contributed by atoms with van der Waals surface area (Å²) in [6.45, 7) is 0. The molecule has 3 N–H and O–H groups in total. The van der Waals surface area contributed by atoms with E-state index in [-0.39, 0.29) is 0 Å². The van der Waals surface area contributed by atoms with Crippen LogP contribution in [-0.2, 0) is 0 Å². The molecule has 3 aromatic heterocycles. The van der Waals surface area contributed by atoms with Gasteiger partial charge in [-0.3, -0.25) is 4.98 Å². The third-order valence-electron chi connectivity index (χ3n) is 3.62. The summed E-state index contributed by atoms with van der Waals surface area (Å²) in [6, 6.07) is 13.7. The molecule has 0 amide bonds. The Morgan fingerprint density at radius 2 is 1.85 bits per heavy atom. The average molecular weight is 425 g/mol. The number of para-hydroxylation sites is 1. The monoisotopic (exact) mass is 424 g/mol. The van der Waals surface area contributed by atoms with Gasteiger partial charge >= 0.3 is 0 Å². The molecule has 0 saturated heterocycles. The van der Waals surface area contributed by atoms with Crippen LogP contribution in [0.2, 0.25) is 0 Å². The number of nitrogens with one attached hydrogen (secondary N) is 1. The quantitative estimate of drug-likeness (QED) is 0.460. The molecular formula is C18H13BrN6S. The summed E-state index contributed by atoms with van der Waals surface area (Å²) in [6.07, 6.45) is 4.97. The summed E-state index contributed by atoms with van der Waals surface area (Å²) in [5, 5.41) is 4.86. The zero-order valence-corrected chi connectivity index (χ0v) is 15.8. The SMILES string of the molecule is Nc1c(Nc2ccc(Br)cn2)ncnc1Sc1cccc2cccnc12. The number of nitrogens with zero attached hydrogens (tertiary/aromatic N) is 4. The minimum atomic E-state index is 0.468. The van der Waals surface area contributed by atoms with Crippen molar-refractivity contribution >= 4 is 55.9 Å². The first-order valence-corrected chi connectivity index (χ1v) is 9.32. The van der Waals surface area contributed by atoms with Crippen molar-refractivity contribution in [3.05, 3.63) is 65.7 Å². The average Bonchev–Trinajstić information content (AvgIpc) is 2.67. The number of hydrogen-bond donors (Lipinski definition) is 2. The van der Waals surface area contributed by atoms with Gasteiger partial charge in [-0.1, -0.05) is 30.0 Å². The summed E-state index contributed by atoms with van der Waals surface area (Å²) in [4.78, 5) is 18.3. The molecule has 128 valence electrons. The third-order valence-corrected chi connectivity index (χ3v) is 5.16. The van der Waals surface area contributed by atoms with Crippen molar-refractivity contribution in [1.82, 2.24) is 19.9 Å². The van der Waals surface area contributed by atoms with Crippen molar-refractivity contribution in [3.63, 3.8) is 0 Å². The highest BCUT2D eigenvalue weighted by molar-refractivity contribution is 9.10. The van der Waals surface area contributed by atoms with E-state index < -0.39 is 0 Å². The van der Waals surface area contributed by atoms with Crippen LogP contribution < -0.4 is 11.1 Å². The fourth-order valence-corrected chi connectivity index (χ4v) is 3.56. The van der Waals surface area contributed by atoms with Crippen LogP contribution in [-0.4, -0.2) is 19.9 Å². The molecule has 4 aromatic rings. The first kappa shape index (κ1) is 16.7. The van der Waals surface area contributed by atoms with Gasteiger partial charge in [0.1, 0.15) is 22.9 Å². The number of pyridine rings is 2. The first-order valence-electron chi connectivity index (χ1n) is 7.71. The summed E-state index contributed by atoms with van der Waals surface area (Å²) in [5.41, 5.74) is 7.67. The molecule has 0 unspecified atom stereocenters. The van der Waals surface area contributed by atoms with E-state index in [9.17, 15) is 0 Å². The van der Waals surface area contributed by atoms with Gasteiger partial charge in [-0.25, -0.2) is 15.0 Å². The van der Waals surface area contributed by atoms with Crippen molar-refractivity contribution in [3.8, 4) is 0 Å². The lowest BCUT2D eigenvalue weighted by Gasteiger charge is -2.11. The van der Waals surface area contributed by atoms with Gasteiger partial charge in [-0.05, 0) is 40.2 Å². The molecule has 6 nitrogen and oxygen atoms in total. The van der Waals surface area contributed by atoms with E-state index in [2.05, 4.69) is 41.2 Å². The van der Waals surface area contributed by atoms with E-state index >= 15 is 0 Å². The highest BCUT2D eigenvalue weighted by Crippen LogP contribution is 2.36. The van der Waals surface area contributed by atoms with Crippen LogP contribution in [0.1, 0.15) is 0 Å². The lowest BCUT2D eigenvalue weighted by Crippen LogP contribution is -2.03. The third kappa shape index (κ3) is 3.47. The number of nitrogens with two attached hydrogens (primary N) is 1. The van der Waals surface area contributed by atoms with Gasteiger partial charge in [-0.15, -0.1) is 0 Å². The smallest absolute Gasteiger partial charge is 0.159 e. The number of nitrogen functional groups attached to an aromatic ring is 1. The Morgan fingerprint density at radius 1 is 0.962 bits per heavy atom. The van der Waals surface area contributed by atoms with E-state index in [0.29, 0.717) is 22.3 Å². The topological polar surface area (TPSA) is 89.6 Å². The van der Waals surface area contributed by atoms with Crippen LogP contribution in [0.4, 0.5) is 17.3 Å². The molecule has 0 spiro atoms. The summed E-state index contributed by atoms with van der Waals surface area (Å²) >= 11 is 4.83. The van der Waals surface area contributed by atoms with Gasteiger partial charge in [0, 0.05) is 27.1 Å². The molecular weight excluding hydrogens is 412 g/mol. The number of benzene rings is 1. The van der Waals surface area contributed by atoms with Crippen LogP contribution in [0.25, 0.3) is 10.9 Å². The second-order valence-electron chi connectivity index (χ2n) is 5.36. The maximum atomic E-state index is 6.29. The van der Waals surface area contributed by atoms with Gasteiger partial charge in [0.25, 0.3) is 0 Å². The zero-order valence-electron chi connectivity index (χ0n) is 13.4. The molecule has 0 aliphatic rings. The molecule has 26 heavy (non-hydrogen) atoms. The number of hydrogen-bond acceptors (Lipinski definition) is 7. The van der Waals surface area contributed by atoms with Gasteiger partial charge < -0.3 is 11.1 Å². The Kier molecular flexibility index (Phi) is 4.68. The van der Waals surface area contributed by atoms with Crippen LogP contribution >= 0.6 is 27.7 Å². The molecule has 0 fully saturated rings. The fraction of sp³-hybridized carbons (Fsp3) is 0. The number of anilines is 3. The van der Waals surface area contributed by atoms with E-state index in [1.54, 1.807) is 12.4 Å². The molecule has 0 aliphatic heterocycles. The van der Waals surface area contributed by atoms with Gasteiger partial charge in [-0.2, -0.15) is 0 Å². The summed E-state index contributed by atoms with van der Waals surface area (Å²) in [7, 11) is 0. The minimum Gasteiger partial charge on any atom is -0.394 e. The Labute approximate surface area is 162 Å². The van der Waals surface area contributed by atoms with Gasteiger partial charge in [0.05, 0.1) is 5.52 Å². The molecule has 0 atom stereocenters. The lowest BCUT2D eigenvalue weighted by atomic mass is 10.2. The predicted molar refractivity (Wildman–Crippen MR) is 108 cm³/mol. The highest BCUT2D eigenvalue weighted by Gasteiger charge is 2.12. The summed E-state index contributed by atoms with van der Waals surface area (Å²) in [5.74, 6) is 1.17. The standard InChI is InChI=1S/C18H13BrN6S/c19-12-6-7-14(22-9-12)25-17-15(20)18(24-10-23-17)26-13-5-1-3-11-4-2-8-21-16(11)13/h1-10H,20H2,(H,22,23,24,25). The van der Waals surface area contributed by atoms with Crippen molar-refractivity contribution in [2.45, 2.75) is 9.92 Å². The van der Waals surface area contributed by atoms with Crippen molar-refractivity contribution in [2.75, 3.05) is 11.1 Å². The molecule has 0 saturated carbocycles. The van der Waals surface area contributed by atoms with E-state index in [1.807, 2.05) is 42.5 Å². The Morgan fingerprint density at radius 3 is 2.69 bits per heavy atom. The van der Waals surface area contributed by atoms with Crippen LogP contribution in [0.15, 0.2) is 75.6 Å². The zero-order chi connectivity index (χ0) is 17.9. The normalized spacial score (nSPS) is 10.8. The number of halogens is 1. The number of rotatable bonds is 4. The molecule has 8 heteroatoms. The van der Waals surface area contributed by atoms with E-state index in [4.69, 9.17) is 5.73 Å². The predicted octanol–water partition coefficient (Wildman–Crippen LogP) is 4.66.